The van der Waals surface area contributed by atoms with Gasteiger partial charge in [0.2, 0.25) is 10.0 Å². The summed E-state index contributed by atoms with van der Waals surface area (Å²) in [5.74, 6) is 0. The minimum atomic E-state index is -3.80. The highest BCUT2D eigenvalue weighted by Gasteiger charge is 2.17. The van der Waals surface area contributed by atoms with Crippen LogP contribution in [-0.4, -0.2) is 29.3 Å². The van der Waals surface area contributed by atoms with Crippen molar-refractivity contribution in [3.8, 4) is 0 Å². The average molecular weight is 366 g/mol. The Bertz CT molecular complexity index is 1010. The molecular formula is C14H14N4O4S2. The Morgan fingerprint density at radius 2 is 2.21 bits per heavy atom. The highest BCUT2D eigenvalue weighted by molar-refractivity contribution is 7.89. The third kappa shape index (κ3) is 3.30. The smallest absolute Gasteiger partial charge is 0.270 e. The van der Waals surface area contributed by atoms with Gasteiger partial charge in [0.15, 0.2) is 4.96 Å². The molecule has 3 aromatic rings. The Labute approximate surface area is 142 Å². The van der Waals surface area contributed by atoms with E-state index in [0.717, 1.165) is 22.4 Å². The van der Waals surface area contributed by atoms with Gasteiger partial charge in [0, 0.05) is 42.4 Å². The standard InChI is InChI=1S/C14H14N4O4S2/c1-10-9-23-14-16-11(8-17(10)14)5-6-15-24(21,22)13-4-2-3-12(7-13)18(19)20/h2-4,7-9,15H,5-6H2,1H3. The summed E-state index contributed by atoms with van der Waals surface area (Å²) >= 11 is 1.52. The molecule has 1 aromatic carbocycles. The van der Waals surface area contributed by atoms with Gasteiger partial charge in [0.25, 0.3) is 5.69 Å². The van der Waals surface area contributed by atoms with E-state index in [-0.39, 0.29) is 17.1 Å². The number of rotatable bonds is 6. The maximum Gasteiger partial charge on any atom is 0.270 e. The number of hydrogen-bond acceptors (Lipinski definition) is 6. The minimum absolute atomic E-state index is 0.127. The molecule has 0 radical (unpaired) electrons. The van der Waals surface area contributed by atoms with Crippen LogP contribution in [0.1, 0.15) is 11.4 Å². The average Bonchev–Trinajstić information content (AvgIpc) is 3.09. The molecule has 2 aromatic heterocycles. The van der Waals surface area contributed by atoms with Crippen molar-refractivity contribution < 1.29 is 13.3 Å². The number of aryl methyl sites for hydroxylation is 1. The molecule has 10 heteroatoms. The van der Waals surface area contributed by atoms with Gasteiger partial charge in [0.05, 0.1) is 15.5 Å². The molecule has 0 aliphatic rings. The maximum absolute atomic E-state index is 12.2. The number of imidazole rings is 1. The summed E-state index contributed by atoms with van der Waals surface area (Å²) in [4.78, 5) is 15.3. The van der Waals surface area contributed by atoms with E-state index in [1.807, 2.05) is 22.9 Å². The summed E-state index contributed by atoms with van der Waals surface area (Å²) in [6.07, 6.45) is 2.31. The van der Waals surface area contributed by atoms with E-state index < -0.39 is 14.9 Å². The van der Waals surface area contributed by atoms with Crippen molar-refractivity contribution in [2.75, 3.05) is 6.54 Å². The van der Waals surface area contributed by atoms with Crippen LogP contribution >= 0.6 is 11.3 Å². The van der Waals surface area contributed by atoms with Gasteiger partial charge in [-0.15, -0.1) is 11.3 Å². The molecular weight excluding hydrogens is 352 g/mol. The summed E-state index contributed by atoms with van der Waals surface area (Å²) < 4.78 is 28.8. The zero-order valence-corrected chi connectivity index (χ0v) is 14.3. The molecule has 0 unspecified atom stereocenters. The lowest BCUT2D eigenvalue weighted by molar-refractivity contribution is -0.385. The van der Waals surface area contributed by atoms with Gasteiger partial charge < -0.3 is 0 Å². The fraction of sp³-hybridized carbons (Fsp3) is 0.214. The van der Waals surface area contributed by atoms with Crippen molar-refractivity contribution in [1.82, 2.24) is 14.1 Å². The lowest BCUT2D eigenvalue weighted by Gasteiger charge is -2.05. The summed E-state index contributed by atoms with van der Waals surface area (Å²) in [7, 11) is -3.80. The predicted molar refractivity (Wildman–Crippen MR) is 89.8 cm³/mol. The number of nitro benzene ring substituents is 1. The monoisotopic (exact) mass is 366 g/mol. The van der Waals surface area contributed by atoms with Crippen molar-refractivity contribution in [2.45, 2.75) is 18.2 Å². The maximum atomic E-state index is 12.2. The number of nitrogens with zero attached hydrogens (tertiary/aromatic N) is 3. The molecule has 0 spiro atoms. The quantitative estimate of drug-likeness (QED) is 0.531. The van der Waals surface area contributed by atoms with E-state index in [1.54, 1.807) is 0 Å². The van der Waals surface area contributed by atoms with Crippen LogP contribution < -0.4 is 4.72 Å². The van der Waals surface area contributed by atoms with Crippen molar-refractivity contribution in [3.05, 3.63) is 57.3 Å². The van der Waals surface area contributed by atoms with E-state index in [9.17, 15) is 18.5 Å². The van der Waals surface area contributed by atoms with Crippen LogP contribution in [0.25, 0.3) is 4.96 Å². The van der Waals surface area contributed by atoms with E-state index >= 15 is 0 Å². The highest BCUT2D eigenvalue weighted by atomic mass is 32.2. The van der Waals surface area contributed by atoms with Crippen LogP contribution in [0.15, 0.2) is 40.7 Å². The first kappa shape index (κ1) is 16.6. The zero-order valence-electron chi connectivity index (χ0n) is 12.7. The van der Waals surface area contributed by atoms with Crippen molar-refractivity contribution in [2.24, 2.45) is 0 Å². The Balaban J connectivity index is 1.68. The Morgan fingerprint density at radius 3 is 2.92 bits per heavy atom. The van der Waals surface area contributed by atoms with Gasteiger partial charge in [-0.25, -0.2) is 18.1 Å². The number of thiazole rings is 1. The third-order valence-corrected chi connectivity index (χ3v) is 5.87. The summed E-state index contributed by atoms with van der Waals surface area (Å²) in [5.41, 5.74) is 1.60. The zero-order chi connectivity index (χ0) is 17.3. The highest BCUT2D eigenvalue weighted by Crippen LogP contribution is 2.18. The molecule has 126 valence electrons. The van der Waals surface area contributed by atoms with Gasteiger partial charge in [-0.2, -0.15) is 0 Å². The van der Waals surface area contributed by atoms with Gasteiger partial charge in [-0.05, 0) is 13.0 Å². The number of sulfonamides is 1. The summed E-state index contributed by atoms with van der Waals surface area (Å²) in [6.45, 7) is 2.13. The van der Waals surface area contributed by atoms with Crippen LogP contribution in [0.5, 0.6) is 0 Å². The number of nitro groups is 1. The number of benzene rings is 1. The van der Waals surface area contributed by atoms with Gasteiger partial charge >= 0.3 is 0 Å². The fourth-order valence-electron chi connectivity index (χ4n) is 2.22. The molecule has 0 atom stereocenters. The molecule has 0 amide bonds. The Hall–Kier alpha value is -2.30. The molecule has 0 aliphatic carbocycles. The van der Waals surface area contributed by atoms with Crippen LogP contribution in [0, 0.1) is 17.0 Å². The second-order valence-corrected chi connectivity index (χ2v) is 7.77. The normalized spacial score (nSPS) is 11.9. The Morgan fingerprint density at radius 1 is 1.42 bits per heavy atom. The third-order valence-electron chi connectivity index (χ3n) is 3.45. The van der Waals surface area contributed by atoms with E-state index in [4.69, 9.17) is 0 Å². The second-order valence-electron chi connectivity index (χ2n) is 5.16. The predicted octanol–water partition coefficient (Wildman–Crippen LogP) is 2.13. The van der Waals surface area contributed by atoms with E-state index in [0.29, 0.717) is 6.42 Å². The number of fused-ring (bicyclic) bond motifs is 1. The van der Waals surface area contributed by atoms with Crippen LogP contribution in [0.4, 0.5) is 5.69 Å². The lowest BCUT2D eigenvalue weighted by Crippen LogP contribution is -2.26. The van der Waals surface area contributed by atoms with Gasteiger partial charge in [-0.1, -0.05) is 6.07 Å². The fourth-order valence-corrected chi connectivity index (χ4v) is 4.16. The molecule has 0 fully saturated rings. The van der Waals surface area contributed by atoms with Crippen LogP contribution in [0.2, 0.25) is 0 Å². The SMILES string of the molecule is Cc1csc2nc(CCNS(=O)(=O)c3cccc([N+](=O)[O-])c3)cn12. The first-order valence-electron chi connectivity index (χ1n) is 7.03. The lowest BCUT2D eigenvalue weighted by atomic mass is 10.3. The van der Waals surface area contributed by atoms with Crippen molar-refractivity contribution in [1.29, 1.82) is 0 Å². The molecule has 1 N–H and O–H groups in total. The first-order valence-corrected chi connectivity index (χ1v) is 9.39. The molecule has 0 bridgehead atoms. The molecule has 8 nitrogen and oxygen atoms in total. The topological polar surface area (TPSA) is 107 Å². The molecule has 3 rings (SSSR count). The summed E-state index contributed by atoms with van der Waals surface area (Å²) in [5, 5.41) is 12.7. The molecule has 2 heterocycles. The largest absolute Gasteiger partial charge is 0.295 e. The van der Waals surface area contributed by atoms with Crippen LogP contribution in [-0.2, 0) is 16.4 Å². The minimum Gasteiger partial charge on any atom is -0.295 e. The molecule has 0 saturated heterocycles. The van der Waals surface area contributed by atoms with E-state index in [1.165, 1.54) is 29.5 Å². The Kier molecular flexibility index (Phi) is 4.35. The first-order chi connectivity index (χ1) is 11.4. The number of hydrogen-bond donors (Lipinski definition) is 1. The van der Waals surface area contributed by atoms with E-state index in [2.05, 4.69) is 9.71 Å². The molecule has 0 saturated carbocycles. The number of non-ortho nitro benzene ring substituents is 1. The van der Waals surface area contributed by atoms with Crippen molar-refractivity contribution >= 4 is 32.0 Å². The van der Waals surface area contributed by atoms with Crippen LogP contribution in [0.3, 0.4) is 0 Å². The number of nitrogens with one attached hydrogen (secondary N) is 1. The van der Waals surface area contributed by atoms with Gasteiger partial charge in [-0.3, -0.25) is 14.5 Å². The molecule has 0 aliphatic heterocycles. The molecule has 24 heavy (non-hydrogen) atoms. The van der Waals surface area contributed by atoms with Gasteiger partial charge in [0.1, 0.15) is 0 Å². The summed E-state index contributed by atoms with van der Waals surface area (Å²) in [6, 6.07) is 4.96. The van der Waals surface area contributed by atoms with Crippen molar-refractivity contribution in [3.63, 3.8) is 0 Å². The number of aromatic nitrogens is 2. The second kappa shape index (κ2) is 6.30.